The van der Waals surface area contributed by atoms with Crippen molar-refractivity contribution >= 4 is 0 Å². The molecule has 18 heavy (non-hydrogen) atoms. The van der Waals surface area contributed by atoms with E-state index in [0.29, 0.717) is 12.3 Å². The fraction of sp³-hybridized carbons (Fsp3) is 0.571. The average Bonchev–Trinajstić information content (AvgIpc) is 2.88. The van der Waals surface area contributed by atoms with Gasteiger partial charge in [0.05, 0.1) is 0 Å². The molecule has 98 valence electrons. The Morgan fingerprint density at radius 2 is 1.94 bits per heavy atom. The maximum Gasteiger partial charge on any atom is 0.231 e. The van der Waals surface area contributed by atoms with Gasteiger partial charge >= 0.3 is 0 Å². The van der Waals surface area contributed by atoms with E-state index in [1.165, 1.54) is 6.42 Å². The van der Waals surface area contributed by atoms with Crippen LogP contribution in [0.15, 0.2) is 12.1 Å². The standard InChI is InChI=1S/C14H18FNO2/c15-11-6-10(7-12-13(11)18-9-17-12)14(8-16)4-2-1-3-5-14/h6-7H,1-5,8-9,16H2. The van der Waals surface area contributed by atoms with Gasteiger partial charge in [-0.25, -0.2) is 4.39 Å². The Kier molecular flexibility index (Phi) is 2.90. The lowest BCUT2D eigenvalue weighted by Gasteiger charge is -2.36. The third kappa shape index (κ3) is 1.75. The summed E-state index contributed by atoms with van der Waals surface area (Å²) in [6.45, 7) is 0.664. The molecule has 1 aliphatic carbocycles. The van der Waals surface area contributed by atoms with Gasteiger partial charge in [0.15, 0.2) is 11.6 Å². The van der Waals surface area contributed by atoms with E-state index < -0.39 is 0 Å². The number of fused-ring (bicyclic) bond motifs is 1. The Labute approximate surface area is 106 Å². The predicted octanol–water partition coefficient (Wildman–Crippen LogP) is 2.72. The van der Waals surface area contributed by atoms with Gasteiger partial charge in [0, 0.05) is 12.0 Å². The Hall–Kier alpha value is -1.29. The van der Waals surface area contributed by atoms with Crippen molar-refractivity contribution in [3.05, 3.63) is 23.5 Å². The van der Waals surface area contributed by atoms with Crippen LogP contribution in [-0.2, 0) is 5.41 Å². The molecule has 1 aromatic carbocycles. The lowest BCUT2D eigenvalue weighted by atomic mass is 9.69. The van der Waals surface area contributed by atoms with E-state index in [2.05, 4.69) is 0 Å². The first-order valence-electron chi connectivity index (χ1n) is 6.55. The van der Waals surface area contributed by atoms with Crippen LogP contribution < -0.4 is 15.2 Å². The third-order valence-electron chi connectivity index (χ3n) is 4.24. The molecule has 1 fully saturated rings. The zero-order valence-electron chi connectivity index (χ0n) is 10.4. The van der Waals surface area contributed by atoms with Crippen LogP contribution in [0.1, 0.15) is 37.7 Å². The average molecular weight is 251 g/mol. The first-order valence-corrected chi connectivity index (χ1v) is 6.55. The summed E-state index contributed by atoms with van der Waals surface area (Å²) < 4.78 is 24.4. The molecule has 0 amide bonds. The number of ether oxygens (including phenoxy) is 2. The molecule has 1 aromatic rings. The Morgan fingerprint density at radius 3 is 2.67 bits per heavy atom. The quantitative estimate of drug-likeness (QED) is 0.879. The minimum Gasteiger partial charge on any atom is -0.453 e. The van der Waals surface area contributed by atoms with Gasteiger partial charge in [-0.2, -0.15) is 0 Å². The molecule has 0 radical (unpaired) electrons. The summed E-state index contributed by atoms with van der Waals surface area (Å²) in [7, 11) is 0. The minimum atomic E-state index is -0.335. The first-order chi connectivity index (χ1) is 8.75. The SMILES string of the molecule is NCC1(c2cc(F)c3c(c2)OCO3)CCCCC1. The monoisotopic (exact) mass is 251 g/mol. The molecule has 4 heteroatoms. The topological polar surface area (TPSA) is 44.5 Å². The number of halogens is 1. The number of rotatable bonds is 2. The highest BCUT2D eigenvalue weighted by Crippen LogP contribution is 2.44. The largest absolute Gasteiger partial charge is 0.453 e. The summed E-state index contributed by atoms with van der Waals surface area (Å²) in [5.74, 6) is 0.420. The summed E-state index contributed by atoms with van der Waals surface area (Å²) in [5, 5.41) is 0. The van der Waals surface area contributed by atoms with Gasteiger partial charge in [0.1, 0.15) is 0 Å². The molecule has 0 bridgehead atoms. The van der Waals surface area contributed by atoms with Crippen LogP contribution in [0.25, 0.3) is 0 Å². The highest BCUT2D eigenvalue weighted by atomic mass is 19.1. The van der Waals surface area contributed by atoms with Crippen molar-refractivity contribution in [1.82, 2.24) is 0 Å². The maximum atomic E-state index is 14.0. The Bertz CT molecular complexity index is 455. The smallest absolute Gasteiger partial charge is 0.231 e. The molecule has 1 saturated carbocycles. The van der Waals surface area contributed by atoms with Crippen molar-refractivity contribution in [3.8, 4) is 11.5 Å². The van der Waals surface area contributed by atoms with Gasteiger partial charge in [-0.3, -0.25) is 0 Å². The maximum absolute atomic E-state index is 14.0. The van der Waals surface area contributed by atoms with Crippen molar-refractivity contribution in [2.75, 3.05) is 13.3 Å². The predicted molar refractivity (Wildman–Crippen MR) is 66.3 cm³/mol. The zero-order valence-corrected chi connectivity index (χ0v) is 10.4. The molecule has 1 heterocycles. The van der Waals surface area contributed by atoms with E-state index in [1.54, 1.807) is 6.07 Å². The fourth-order valence-electron chi connectivity index (χ4n) is 3.11. The second-order valence-electron chi connectivity index (χ2n) is 5.24. The highest BCUT2D eigenvalue weighted by Gasteiger charge is 2.34. The van der Waals surface area contributed by atoms with Crippen molar-refractivity contribution in [3.63, 3.8) is 0 Å². The van der Waals surface area contributed by atoms with E-state index >= 15 is 0 Å². The van der Waals surface area contributed by atoms with Crippen LogP contribution in [0, 0.1) is 5.82 Å². The molecule has 0 spiro atoms. The summed E-state index contributed by atoms with van der Waals surface area (Å²) in [6.07, 6.45) is 5.63. The summed E-state index contributed by atoms with van der Waals surface area (Å²) in [6, 6.07) is 3.48. The van der Waals surface area contributed by atoms with Gasteiger partial charge in [0.2, 0.25) is 12.5 Å². The molecule has 3 rings (SSSR count). The number of nitrogens with two attached hydrogens (primary N) is 1. The van der Waals surface area contributed by atoms with Crippen LogP contribution in [0.4, 0.5) is 4.39 Å². The minimum absolute atomic E-state index is 0.0833. The van der Waals surface area contributed by atoms with Crippen LogP contribution in [-0.4, -0.2) is 13.3 Å². The normalized spacial score (nSPS) is 21.0. The number of hydrogen-bond acceptors (Lipinski definition) is 3. The molecule has 1 aliphatic heterocycles. The van der Waals surface area contributed by atoms with Crippen molar-refractivity contribution < 1.29 is 13.9 Å². The molecule has 2 aliphatic rings. The van der Waals surface area contributed by atoms with Gasteiger partial charge in [-0.15, -0.1) is 0 Å². The third-order valence-corrected chi connectivity index (χ3v) is 4.24. The van der Waals surface area contributed by atoms with Gasteiger partial charge in [0.25, 0.3) is 0 Å². The van der Waals surface area contributed by atoms with Gasteiger partial charge in [-0.1, -0.05) is 19.3 Å². The van der Waals surface area contributed by atoms with E-state index in [0.717, 1.165) is 31.2 Å². The summed E-state index contributed by atoms with van der Waals surface area (Å²) in [5.41, 5.74) is 6.85. The lowest BCUT2D eigenvalue weighted by molar-refractivity contribution is 0.171. The van der Waals surface area contributed by atoms with E-state index in [4.69, 9.17) is 15.2 Å². The fourth-order valence-corrected chi connectivity index (χ4v) is 3.11. The molecule has 2 N–H and O–H groups in total. The van der Waals surface area contributed by atoms with Crippen LogP contribution in [0.3, 0.4) is 0 Å². The van der Waals surface area contributed by atoms with Gasteiger partial charge in [-0.05, 0) is 30.5 Å². The summed E-state index contributed by atoms with van der Waals surface area (Å²) in [4.78, 5) is 0. The van der Waals surface area contributed by atoms with Crippen molar-refractivity contribution in [2.24, 2.45) is 5.73 Å². The van der Waals surface area contributed by atoms with Crippen LogP contribution >= 0.6 is 0 Å². The zero-order chi connectivity index (χ0) is 12.6. The highest BCUT2D eigenvalue weighted by molar-refractivity contribution is 5.48. The van der Waals surface area contributed by atoms with Crippen LogP contribution in [0.2, 0.25) is 0 Å². The Balaban J connectivity index is 2.02. The Morgan fingerprint density at radius 1 is 1.17 bits per heavy atom. The molecule has 0 saturated heterocycles. The van der Waals surface area contributed by atoms with E-state index in [9.17, 15) is 4.39 Å². The van der Waals surface area contributed by atoms with Crippen molar-refractivity contribution in [1.29, 1.82) is 0 Å². The van der Waals surface area contributed by atoms with Crippen LogP contribution in [0.5, 0.6) is 11.5 Å². The molecule has 0 aromatic heterocycles. The summed E-state index contributed by atoms with van der Waals surface area (Å²) >= 11 is 0. The van der Waals surface area contributed by atoms with Gasteiger partial charge < -0.3 is 15.2 Å². The van der Waals surface area contributed by atoms with E-state index in [1.807, 2.05) is 6.07 Å². The second kappa shape index (κ2) is 4.43. The van der Waals surface area contributed by atoms with E-state index in [-0.39, 0.29) is 23.8 Å². The number of benzene rings is 1. The molecule has 0 atom stereocenters. The molecular formula is C14H18FNO2. The molecule has 3 nitrogen and oxygen atoms in total. The number of hydrogen-bond donors (Lipinski definition) is 1. The van der Waals surface area contributed by atoms with Crippen molar-refractivity contribution in [2.45, 2.75) is 37.5 Å². The lowest BCUT2D eigenvalue weighted by Crippen LogP contribution is -2.37. The molecule has 0 unspecified atom stereocenters. The first kappa shape index (κ1) is 11.8. The molecular weight excluding hydrogens is 233 g/mol. The second-order valence-corrected chi connectivity index (χ2v) is 5.24.